The maximum absolute atomic E-state index is 11.0. The van der Waals surface area contributed by atoms with E-state index in [-0.39, 0.29) is 5.92 Å². The Bertz CT molecular complexity index is 498. The second-order valence-electron chi connectivity index (χ2n) is 5.74. The molecule has 1 aliphatic heterocycles. The fourth-order valence-corrected chi connectivity index (χ4v) is 2.46. The fraction of sp³-hybridized carbons (Fsp3) is 0.667. The van der Waals surface area contributed by atoms with Crippen LogP contribution in [0.3, 0.4) is 0 Å². The summed E-state index contributed by atoms with van der Waals surface area (Å²) in [6.45, 7) is 7.64. The van der Waals surface area contributed by atoms with Crippen LogP contribution in [0.4, 0.5) is 11.8 Å². The van der Waals surface area contributed by atoms with Crippen molar-refractivity contribution in [2.24, 2.45) is 5.92 Å². The van der Waals surface area contributed by atoms with Crippen molar-refractivity contribution in [2.45, 2.75) is 46.1 Å². The molecule has 0 radical (unpaired) electrons. The Hall–Kier alpha value is -1.85. The minimum Gasteiger partial charge on any atom is -0.481 e. The number of carbonyl (C=O) groups is 1. The van der Waals surface area contributed by atoms with E-state index < -0.39 is 5.97 Å². The van der Waals surface area contributed by atoms with Gasteiger partial charge in [0.05, 0.1) is 5.92 Å². The van der Waals surface area contributed by atoms with E-state index in [0.29, 0.717) is 24.8 Å². The number of rotatable bonds is 5. The van der Waals surface area contributed by atoms with Gasteiger partial charge in [-0.2, -0.15) is 4.98 Å². The summed E-state index contributed by atoms with van der Waals surface area (Å²) in [6.07, 6.45) is 2.36. The number of hydrogen-bond donors (Lipinski definition) is 2. The monoisotopic (exact) mass is 292 g/mol. The number of piperidine rings is 1. The zero-order valence-electron chi connectivity index (χ0n) is 13.0. The van der Waals surface area contributed by atoms with Crippen molar-refractivity contribution in [1.82, 2.24) is 9.97 Å². The minimum absolute atomic E-state index is 0.220. The van der Waals surface area contributed by atoms with E-state index in [1.165, 1.54) is 0 Å². The number of nitrogens with zero attached hydrogens (tertiary/aromatic N) is 3. The molecule has 1 unspecified atom stereocenters. The van der Waals surface area contributed by atoms with Crippen LogP contribution in [0.1, 0.15) is 38.8 Å². The van der Waals surface area contributed by atoms with Crippen LogP contribution in [0.25, 0.3) is 0 Å². The van der Waals surface area contributed by atoms with Gasteiger partial charge >= 0.3 is 5.97 Å². The molecule has 1 fully saturated rings. The van der Waals surface area contributed by atoms with Crippen LogP contribution in [0.15, 0.2) is 6.07 Å². The number of hydrogen-bond acceptors (Lipinski definition) is 5. The van der Waals surface area contributed by atoms with Crippen molar-refractivity contribution in [3.8, 4) is 0 Å². The maximum atomic E-state index is 11.0. The Morgan fingerprint density at radius 3 is 2.71 bits per heavy atom. The molecule has 0 aromatic carbocycles. The normalized spacial score (nSPS) is 17.6. The molecule has 1 aliphatic rings. The Labute approximate surface area is 125 Å². The van der Waals surface area contributed by atoms with Crippen molar-refractivity contribution in [3.05, 3.63) is 11.8 Å². The Kier molecular flexibility index (Phi) is 4.98. The number of anilines is 2. The van der Waals surface area contributed by atoms with Crippen molar-refractivity contribution >= 4 is 17.7 Å². The molecule has 116 valence electrons. The summed E-state index contributed by atoms with van der Waals surface area (Å²) in [5, 5.41) is 12.4. The number of aryl methyl sites for hydroxylation is 1. The average molecular weight is 292 g/mol. The number of aliphatic carboxylic acids is 1. The number of carboxylic acids is 1. The first-order valence-corrected chi connectivity index (χ1v) is 7.59. The Balaban J connectivity index is 2.08. The van der Waals surface area contributed by atoms with Gasteiger partial charge in [0.1, 0.15) is 5.82 Å². The second-order valence-corrected chi connectivity index (χ2v) is 5.74. The van der Waals surface area contributed by atoms with E-state index in [4.69, 9.17) is 5.11 Å². The number of aromatic nitrogens is 2. The largest absolute Gasteiger partial charge is 0.481 e. The van der Waals surface area contributed by atoms with E-state index in [1.807, 2.05) is 13.0 Å². The fourth-order valence-electron chi connectivity index (χ4n) is 2.46. The van der Waals surface area contributed by atoms with Crippen LogP contribution in [0, 0.1) is 12.8 Å². The van der Waals surface area contributed by atoms with Gasteiger partial charge in [0.15, 0.2) is 0 Å². The molecule has 1 atom stereocenters. The molecule has 21 heavy (non-hydrogen) atoms. The summed E-state index contributed by atoms with van der Waals surface area (Å²) in [5.41, 5.74) is 0.922. The highest BCUT2D eigenvalue weighted by Crippen LogP contribution is 2.23. The van der Waals surface area contributed by atoms with Gasteiger partial charge in [-0.15, -0.1) is 0 Å². The predicted octanol–water partition coefficient (Wildman–Crippen LogP) is 2.30. The van der Waals surface area contributed by atoms with E-state index in [2.05, 4.69) is 34.0 Å². The lowest BCUT2D eigenvalue weighted by Gasteiger charge is -2.31. The first-order valence-electron chi connectivity index (χ1n) is 7.59. The molecular weight excluding hydrogens is 268 g/mol. The van der Waals surface area contributed by atoms with Gasteiger partial charge in [0.2, 0.25) is 5.95 Å². The maximum Gasteiger partial charge on any atom is 0.306 e. The van der Waals surface area contributed by atoms with E-state index in [9.17, 15) is 4.79 Å². The SMILES string of the molecule is CCC(C)Nc1nc(C)cc(N2CCC(C(=O)O)CC2)n1. The van der Waals surface area contributed by atoms with Crippen LogP contribution in [0.2, 0.25) is 0 Å². The first-order chi connectivity index (χ1) is 9.99. The van der Waals surface area contributed by atoms with E-state index in [0.717, 1.165) is 31.0 Å². The highest BCUT2D eigenvalue weighted by Gasteiger charge is 2.25. The van der Waals surface area contributed by atoms with Gasteiger partial charge in [0.25, 0.3) is 0 Å². The summed E-state index contributed by atoms with van der Waals surface area (Å²) in [7, 11) is 0. The third-order valence-corrected chi connectivity index (χ3v) is 4.00. The molecule has 6 nitrogen and oxygen atoms in total. The van der Waals surface area contributed by atoms with Crippen LogP contribution >= 0.6 is 0 Å². The molecular formula is C15H24N4O2. The molecule has 1 aromatic heterocycles. The summed E-state index contributed by atoms with van der Waals surface area (Å²) in [5.74, 6) is 0.631. The molecule has 0 aliphatic carbocycles. The molecule has 6 heteroatoms. The third-order valence-electron chi connectivity index (χ3n) is 4.00. The summed E-state index contributed by atoms with van der Waals surface area (Å²) < 4.78 is 0. The van der Waals surface area contributed by atoms with Gasteiger partial charge in [-0.05, 0) is 33.1 Å². The molecule has 0 saturated carbocycles. The topological polar surface area (TPSA) is 78.4 Å². The van der Waals surface area contributed by atoms with Crippen LogP contribution < -0.4 is 10.2 Å². The molecule has 0 bridgehead atoms. The lowest BCUT2D eigenvalue weighted by atomic mass is 9.97. The summed E-state index contributed by atoms with van der Waals surface area (Å²) in [4.78, 5) is 22.1. The van der Waals surface area contributed by atoms with Crippen molar-refractivity contribution < 1.29 is 9.90 Å². The van der Waals surface area contributed by atoms with Gasteiger partial charge in [-0.25, -0.2) is 4.98 Å². The quantitative estimate of drug-likeness (QED) is 0.867. The zero-order valence-corrected chi connectivity index (χ0v) is 13.0. The molecule has 1 saturated heterocycles. The molecule has 2 rings (SSSR count). The number of carboxylic acid groups (broad SMARTS) is 1. The van der Waals surface area contributed by atoms with Crippen LogP contribution in [0.5, 0.6) is 0 Å². The molecule has 0 spiro atoms. The Morgan fingerprint density at radius 1 is 1.48 bits per heavy atom. The molecule has 1 aromatic rings. The molecule has 0 amide bonds. The van der Waals surface area contributed by atoms with Crippen LogP contribution in [-0.2, 0) is 4.79 Å². The highest BCUT2D eigenvalue weighted by atomic mass is 16.4. The van der Waals surface area contributed by atoms with Gasteiger partial charge in [0, 0.05) is 30.9 Å². The zero-order chi connectivity index (χ0) is 15.4. The Morgan fingerprint density at radius 2 is 2.14 bits per heavy atom. The molecule has 2 heterocycles. The third kappa shape index (κ3) is 4.06. The highest BCUT2D eigenvalue weighted by molar-refractivity contribution is 5.70. The van der Waals surface area contributed by atoms with E-state index in [1.54, 1.807) is 0 Å². The first kappa shape index (κ1) is 15.5. The number of nitrogens with one attached hydrogen (secondary N) is 1. The lowest BCUT2D eigenvalue weighted by Crippen LogP contribution is -2.37. The van der Waals surface area contributed by atoms with Gasteiger partial charge < -0.3 is 15.3 Å². The predicted molar refractivity (Wildman–Crippen MR) is 82.7 cm³/mol. The second kappa shape index (κ2) is 6.74. The van der Waals surface area contributed by atoms with Gasteiger partial charge in [-0.3, -0.25) is 4.79 Å². The van der Waals surface area contributed by atoms with Crippen molar-refractivity contribution in [2.75, 3.05) is 23.3 Å². The summed E-state index contributed by atoms with van der Waals surface area (Å²) in [6, 6.07) is 2.29. The van der Waals surface area contributed by atoms with E-state index >= 15 is 0 Å². The van der Waals surface area contributed by atoms with Crippen LogP contribution in [-0.4, -0.2) is 40.2 Å². The van der Waals surface area contributed by atoms with Crippen molar-refractivity contribution in [1.29, 1.82) is 0 Å². The van der Waals surface area contributed by atoms with Gasteiger partial charge in [-0.1, -0.05) is 6.92 Å². The summed E-state index contributed by atoms with van der Waals surface area (Å²) >= 11 is 0. The van der Waals surface area contributed by atoms with Crippen molar-refractivity contribution in [3.63, 3.8) is 0 Å². The minimum atomic E-state index is -0.687. The standard InChI is InChI=1S/C15H24N4O2/c1-4-10(2)16-15-17-11(3)9-13(18-15)19-7-5-12(6-8-19)14(20)21/h9-10,12H,4-8H2,1-3H3,(H,20,21)(H,16,17,18). The molecule has 2 N–H and O–H groups in total. The smallest absolute Gasteiger partial charge is 0.306 e. The average Bonchev–Trinajstić information content (AvgIpc) is 2.46. The lowest BCUT2D eigenvalue weighted by molar-refractivity contribution is -0.142.